The van der Waals surface area contributed by atoms with Crippen molar-refractivity contribution in [2.45, 2.75) is 33.8 Å². The second kappa shape index (κ2) is 9.42. The van der Waals surface area contributed by atoms with Crippen LogP contribution in [-0.2, 0) is 9.53 Å². The molecule has 0 heterocycles. The lowest BCUT2D eigenvalue weighted by Gasteiger charge is -2.15. The van der Waals surface area contributed by atoms with E-state index in [1.54, 1.807) is 49.4 Å². The monoisotopic (exact) mass is 389 g/mol. The Morgan fingerprint density at radius 2 is 1.74 bits per heavy atom. The Bertz CT molecular complexity index is 802. The highest BCUT2D eigenvalue weighted by Gasteiger charge is 2.17. The lowest BCUT2D eigenvalue weighted by Crippen LogP contribution is -2.27. The Balaban J connectivity index is 1.97. The minimum atomic E-state index is -0.725. The Morgan fingerprint density at radius 3 is 2.37 bits per heavy atom. The number of carbonyl (C=O) groups excluding carboxylic acids is 2. The molecule has 2 rings (SSSR count). The van der Waals surface area contributed by atoms with E-state index in [1.807, 2.05) is 20.8 Å². The van der Waals surface area contributed by atoms with Crippen LogP contribution in [-0.4, -0.2) is 24.6 Å². The molecule has 0 aliphatic carbocycles. The van der Waals surface area contributed by atoms with Gasteiger partial charge in [-0.25, -0.2) is 4.79 Å². The summed E-state index contributed by atoms with van der Waals surface area (Å²) in [4.78, 5) is 24.3. The van der Waals surface area contributed by atoms with Crippen LogP contribution in [0.15, 0.2) is 42.5 Å². The number of rotatable bonds is 7. The number of benzene rings is 2. The molecule has 144 valence electrons. The van der Waals surface area contributed by atoms with Gasteiger partial charge in [-0.05, 0) is 61.7 Å². The first-order chi connectivity index (χ1) is 12.8. The zero-order valence-corrected chi connectivity index (χ0v) is 16.7. The van der Waals surface area contributed by atoms with E-state index in [1.165, 1.54) is 0 Å². The minimum absolute atomic E-state index is 0.253. The third kappa shape index (κ3) is 6.00. The number of halogens is 1. The molecular weight excluding hydrogens is 366 g/mol. The van der Waals surface area contributed by atoms with E-state index in [0.29, 0.717) is 28.6 Å². The molecule has 0 aromatic heterocycles. The number of carbonyl (C=O) groups is 2. The van der Waals surface area contributed by atoms with Gasteiger partial charge in [-0.1, -0.05) is 31.5 Å². The van der Waals surface area contributed by atoms with Gasteiger partial charge in [-0.3, -0.25) is 4.79 Å². The molecule has 0 spiro atoms. The minimum Gasteiger partial charge on any atom is -0.479 e. The van der Waals surface area contributed by atoms with Crippen LogP contribution in [0.2, 0.25) is 5.02 Å². The lowest BCUT2D eigenvalue weighted by atomic mass is 10.1. The average Bonchev–Trinajstić information content (AvgIpc) is 2.63. The topological polar surface area (TPSA) is 64.6 Å². The van der Waals surface area contributed by atoms with Crippen molar-refractivity contribution >= 4 is 29.2 Å². The van der Waals surface area contributed by atoms with Crippen molar-refractivity contribution in [2.75, 3.05) is 11.9 Å². The zero-order chi connectivity index (χ0) is 20.0. The normalized spacial score (nSPS) is 11.8. The summed E-state index contributed by atoms with van der Waals surface area (Å²) in [7, 11) is 0. The molecule has 2 aromatic carbocycles. The van der Waals surface area contributed by atoms with Crippen molar-refractivity contribution in [1.29, 1.82) is 0 Å². The summed E-state index contributed by atoms with van der Waals surface area (Å²) in [6.07, 6.45) is -0.725. The van der Waals surface area contributed by atoms with Crippen LogP contribution in [0.25, 0.3) is 0 Å². The molecule has 0 saturated heterocycles. The van der Waals surface area contributed by atoms with E-state index >= 15 is 0 Å². The van der Waals surface area contributed by atoms with E-state index in [2.05, 4.69) is 5.32 Å². The highest BCUT2D eigenvalue weighted by atomic mass is 35.5. The average molecular weight is 390 g/mol. The molecule has 0 aliphatic rings. The number of ether oxygens (including phenoxy) is 2. The molecule has 1 amide bonds. The van der Waals surface area contributed by atoms with Gasteiger partial charge in [0.2, 0.25) is 0 Å². The Labute approximate surface area is 164 Å². The molecule has 0 aliphatic heterocycles. The first-order valence-corrected chi connectivity index (χ1v) is 9.15. The highest BCUT2D eigenvalue weighted by Crippen LogP contribution is 2.24. The van der Waals surface area contributed by atoms with Crippen molar-refractivity contribution in [3.8, 4) is 5.75 Å². The maximum Gasteiger partial charge on any atom is 0.347 e. The van der Waals surface area contributed by atoms with E-state index in [4.69, 9.17) is 21.1 Å². The van der Waals surface area contributed by atoms with Crippen LogP contribution in [0, 0.1) is 12.8 Å². The molecule has 2 aromatic rings. The van der Waals surface area contributed by atoms with Gasteiger partial charge in [0.1, 0.15) is 5.75 Å². The number of hydrogen-bond acceptors (Lipinski definition) is 4. The second-order valence-electron chi connectivity index (χ2n) is 6.67. The number of anilines is 1. The fourth-order valence-electron chi connectivity index (χ4n) is 2.24. The fourth-order valence-corrected chi connectivity index (χ4v) is 2.42. The molecule has 1 N–H and O–H groups in total. The Hall–Kier alpha value is -2.53. The number of nitrogens with one attached hydrogen (secondary N) is 1. The van der Waals surface area contributed by atoms with Gasteiger partial charge in [0.25, 0.3) is 5.91 Å². The van der Waals surface area contributed by atoms with E-state index in [0.717, 1.165) is 5.56 Å². The standard InChI is InChI=1S/C21H24ClNO4/c1-13(2)12-26-21(25)15(4)27-17-10-8-16(9-11-17)20(24)23-19-7-5-6-18(22)14(19)3/h5-11,13,15H,12H2,1-4H3,(H,23,24). The predicted octanol–water partition coefficient (Wildman–Crippen LogP) is 4.87. The maximum atomic E-state index is 12.4. The summed E-state index contributed by atoms with van der Waals surface area (Å²) in [5.41, 5.74) is 1.94. The molecule has 0 fully saturated rings. The van der Waals surface area contributed by atoms with E-state index < -0.39 is 12.1 Å². The molecule has 0 radical (unpaired) electrons. The van der Waals surface area contributed by atoms with Gasteiger partial charge < -0.3 is 14.8 Å². The van der Waals surface area contributed by atoms with Crippen molar-refractivity contribution in [3.05, 3.63) is 58.6 Å². The summed E-state index contributed by atoms with van der Waals surface area (Å²) in [6, 6.07) is 11.9. The summed E-state index contributed by atoms with van der Waals surface area (Å²) in [6.45, 7) is 7.76. The molecule has 27 heavy (non-hydrogen) atoms. The van der Waals surface area contributed by atoms with Crippen LogP contribution >= 0.6 is 11.6 Å². The third-order valence-electron chi connectivity index (χ3n) is 3.84. The van der Waals surface area contributed by atoms with Crippen LogP contribution < -0.4 is 10.1 Å². The third-order valence-corrected chi connectivity index (χ3v) is 4.25. The zero-order valence-electron chi connectivity index (χ0n) is 15.9. The quantitative estimate of drug-likeness (QED) is 0.686. The molecule has 6 heteroatoms. The van der Waals surface area contributed by atoms with Crippen LogP contribution in [0.4, 0.5) is 5.69 Å². The van der Waals surface area contributed by atoms with Gasteiger partial charge in [0.05, 0.1) is 6.61 Å². The first-order valence-electron chi connectivity index (χ1n) is 8.77. The largest absolute Gasteiger partial charge is 0.479 e. The number of amides is 1. The highest BCUT2D eigenvalue weighted by molar-refractivity contribution is 6.31. The van der Waals surface area contributed by atoms with E-state index in [-0.39, 0.29) is 11.8 Å². The molecule has 0 saturated carbocycles. The van der Waals surface area contributed by atoms with Gasteiger partial charge in [-0.15, -0.1) is 0 Å². The smallest absolute Gasteiger partial charge is 0.347 e. The van der Waals surface area contributed by atoms with Crippen LogP contribution in [0.3, 0.4) is 0 Å². The van der Waals surface area contributed by atoms with Crippen molar-refractivity contribution in [3.63, 3.8) is 0 Å². The van der Waals surface area contributed by atoms with Gasteiger partial charge >= 0.3 is 5.97 Å². The van der Waals surface area contributed by atoms with Crippen molar-refractivity contribution in [1.82, 2.24) is 0 Å². The number of esters is 1. The summed E-state index contributed by atoms with van der Waals surface area (Å²) in [5, 5.41) is 3.43. The first kappa shape index (κ1) is 20.8. The van der Waals surface area contributed by atoms with Gasteiger partial charge in [0, 0.05) is 16.3 Å². The second-order valence-corrected chi connectivity index (χ2v) is 7.08. The Morgan fingerprint density at radius 1 is 1.07 bits per heavy atom. The molecular formula is C21H24ClNO4. The van der Waals surface area contributed by atoms with Crippen LogP contribution in [0.1, 0.15) is 36.7 Å². The predicted molar refractivity (Wildman–Crippen MR) is 106 cm³/mol. The van der Waals surface area contributed by atoms with Crippen molar-refractivity contribution < 1.29 is 19.1 Å². The van der Waals surface area contributed by atoms with Crippen LogP contribution in [0.5, 0.6) is 5.75 Å². The van der Waals surface area contributed by atoms with Crippen molar-refractivity contribution in [2.24, 2.45) is 5.92 Å². The molecule has 0 bridgehead atoms. The van der Waals surface area contributed by atoms with E-state index in [9.17, 15) is 9.59 Å². The molecule has 5 nitrogen and oxygen atoms in total. The number of hydrogen-bond donors (Lipinski definition) is 1. The van der Waals surface area contributed by atoms with Gasteiger partial charge in [-0.2, -0.15) is 0 Å². The maximum absolute atomic E-state index is 12.4. The Kier molecular flexibility index (Phi) is 7.25. The summed E-state index contributed by atoms with van der Waals surface area (Å²) in [5.74, 6) is 0.0832. The fraction of sp³-hybridized carbons (Fsp3) is 0.333. The summed E-state index contributed by atoms with van der Waals surface area (Å²) >= 11 is 6.07. The molecule has 1 atom stereocenters. The lowest BCUT2D eigenvalue weighted by molar-refractivity contribution is -0.152. The summed E-state index contributed by atoms with van der Waals surface area (Å²) < 4.78 is 10.7. The SMILES string of the molecule is Cc1c(Cl)cccc1NC(=O)c1ccc(OC(C)C(=O)OCC(C)C)cc1. The van der Waals surface area contributed by atoms with Gasteiger partial charge in [0.15, 0.2) is 6.10 Å². The molecule has 1 unspecified atom stereocenters.